The fourth-order valence-electron chi connectivity index (χ4n) is 3.45. The van der Waals surface area contributed by atoms with Gasteiger partial charge in [0.05, 0.1) is 18.2 Å². The molecule has 0 radical (unpaired) electrons. The third-order valence-corrected chi connectivity index (χ3v) is 4.84. The van der Waals surface area contributed by atoms with Crippen LogP contribution in [0.4, 0.5) is 10.3 Å². The summed E-state index contributed by atoms with van der Waals surface area (Å²) >= 11 is 0. The molecule has 1 amide bonds. The molecule has 2 heterocycles. The predicted octanol–water partition coefficient (Wildman–Crippen LogP) is 3.64. The highest BCUT2D eigenvalue weighted by Crippen LogP contribution is 2.41. The van der Waals surface area contributed by atoms with Gasteiger partial charge < -0.3 is 9.84 Å². The molecule has 1 saturated heterocycles. The van der Waals surface area contributed by atoms with Gasteiger partial charge in [-0.3, -0.25) is 14.5 Å². The van der Waals surface area contributed by atoms with Gasteiger partial charge in [-0.2, -0.15) is 0 Å². The summed E-state index contributed by atoms with van der Waals surface area (Å²) in [6.07, 6.45) is 2.88. The number of hydrogen-bond acceptors (Lipinski definition) is 6. The summed E-state index contributed by atoms with van der Waals surface area (Å²) in [5, 5.41) is 11.0. The van der Waals surface area contributed by atoms with Crippen molar-refractivity contribution >= 4 is 23.4 Å². The van der Waals surface area contributed by atoms with Crippen molar-refractivity contribution < 1.29 is 23.8 Å². The van der Waals surface area contributed by atoms with E-state index in [9.17, 15) is 19.1 Å². The van der Waals surface area contributed by atoms with E-state index in [0.29, 0.717) is 23.5 Å². The van der Waals surface area contributed by atoms with E-state index in [0.717, 1.165) is 4.90 Å². The second-order valence-corrected chi connectivity index (χ2v) is 6.73. The van der Waals surface area contributed by atoms with Gasteiger partial charge in [0.1, 0.15) is 17.3 Å². The molecule has 0 saturated carbocycles. The maximum Gasteiger partial charge on any atom is 0.302 e. The van der Waals surface area contributed by atoms with Crippen LogP contribution in [0.15, 0.2) is 72.6 Å². The molecule has 0 bridgehead atoms. The largest absolute Gasteiger partial charge is 0.507 e. The zero-order valence-electron chi connectivity index (χ0n) is 16.5. The number of halogens is 1. The Bertz CT molecular complexity index is 1150. The first-order valence-electron chi connectivity index (χ1n) is 9.58. The molecule has 8 heteroatoms. The van der Waals surface area contributed by atoms with Gasteiger partial charge >= 0.3 is 5.91 Å². The van der Waals surface area contributed by atoms with Crippen molar-refractivity contribution in [3.63, 3.8) is 0 Å². The summed E-state index contributed by atoms with van der Waals surface area (Å²) in [6, 6.07) is 12.4. The number of anilines is 1. The number of ketones is 1. The second kappa shape index (κ2) is 8.35. The molecule has 0 unspecified atom stereocenters. The van der Waals surface area contributed by atoms with Crippen LogP contribution in [0.5, 0.6) is 5.75 Å². The summed E-state index contributed by atoms with van der Waals surface area (Å²) in [4.78, 5) is 35.1. The van der Waals surface area contributed by atoms with Crippen LogP contribution in [0.1, 0.15) is 24.1 Å². The number of ether oxygens (including phenoxy) is 1. The van der Waals surface area contributed by atoms with Crippen molar-refractivity contribution in [3.05, 3.63) is 89.5 Å². The molecule has 1 atom stereocenters. The SMILES string of the molecule is CCOc1ccc(/C(O)=C2\C(=O)C(=O)N(c3ncccn3)[C@H]2c2ccc(F)cc2)cc1. The van der Waals surface area contributed by atoms with Gasteiger partial charge in [-0.05, 0) is 55.0 Å². The smallest absolute Gasteiger partial charge is 0.302 e. The molecular weight excluding hydrogens is 401 g/mol. The van der Waals surface area contributed by atoms with Crippen LogP contribution >= 0.6 is 0 Å². The molecule has 1 N–H and O–H groups in total. The normalized spacial score (nSPS) is 17.7. The molecule has 1 aliphatic heterocycles. The number of aliphatic hydroxyl groups is 1. The quantitative estimate of drug-likeness (QED) is 0.386. The van der Waals surface area contributed by atoms with Gasteiger partial charge in [0.15, 0.2) is 0 Å². The van der Waals surface area contributed by atoms with Gasteiger partial charge in [0.25, 0.3) is 5.78 Å². The molecule has 0 aliphatic carbocycles. The molecule has 2 aromatic carbocycles. The number of carbonyl (C=O) groups is 2. The van der Waals surface area contributed by atoms with E-state index in [1.807, 2.05) is 6.92 Å². The Balaban J connectivity index is 1.88. The van der Waals surface area contributed by atoms with Crippen molar-refractivity contribution in [2.24, 2.45) is 0 Å². The molecule has 1 aromatic heterocycles. The monoisotopic (exact) mass is 419 g/mol. The number of rotatable bonds is 5. The number of aliphatic hydroxyl groups excluding tert-OH is 1. The summed E-state index contributed by atoms with van der Waals surface area (Å²) < 4.78 is 18.9. The van der Waals surface area contributed by atoms with Crippen molar-refractivity contribution in [1.82, 2.24) is 9.97 Å². The van der Waals surface area contributed by atoms with Crippen LogP contribution in [0.2, 0.25) is 0 Å². The van der Waals surface area contributed by atoms with E-state index in [4.69, 9.17) is 4.74 Å². The molecule has 4 rings (SSSR count). The van der Waals surface area contributed by atoms with Gasteiger partial charge in [-0.15, -0.1) is 0 Å². The molecule has 31 heavy (non-hydrogen) atoms. The van der Waals surface area contributed by atoms with Gasteiger partial charge in [-0.25, -0.2) is 14.4 Å². The molecule has 7 nitrogen and oxygen atoms in total. The van der Waals surface area contributed by atoms with E-state index < -0.39 is 23.5 Å². The van der Waals surface area contributed by atoms with Crippen LogP contribution in [-0.4, -0.2) is 33.4 Å². The lowest BCUT2D eigenvalue weighted by molar-refractivity contribution is -0.132. The minimum absolute atomic E-state index is 0.00432. The summed E-state index contributed by atoms with van der Waals surface area (Å²) in [6.45, 7) is 2.34. The number of Topliss-reactive ketones (excluding diaryl/α,β-unsaturated/α-hetero) is 1. The standard InChI is InChI=1S/C23H18FN3O4/c1-2-31-17-10-6-15(7-11-17)20(28)18-19(14-4-8-16(24)9-5-14)27(22(30)21(18)29)23-25-12-3-13-26-23/h3-13,19,28H,2H2,1H3/b20-18+/t19-/m0/s1. The third kappa shape index (κ3) is 3.75. The Morgan fingerprint density at radius 1 is 1.06 bits per heavy atom. The van der Waals surface area contributed by atoms with Crippen LogP contribution < -0.4 is 9.64 Å². The number of amides is 1. The fraction of sp³-hybridized carbons (Fsp3) is 0.130. The Morgan fingerprint density at radius 3 is 2.32 bits per heavy atom. The summed E-state index contributed by atoms with van der Waals surface area (Å²) in [7, 11) is 0. The van der Waals surface area contributed by atoms with Crippen LogP contribution in [0.3, 0.4) is 0 Å². The highest BCUT2D eigenvalue weighted by Gasteiger charge is 2.48. The number of carbonyl (C=O) groups excluding carboxylic acids is 2. The number of benzene rings is 2. The first-order valence-corrected chi connectivity index (χ1v) is 9.58. The van der Waals surface area contributed by atoms with Crippen molar-refractivity contribution in [3.8, 4) is 5.75 Å². The van der Waals surface area contributed by atoms with E-state index in [1.54, 1.807) is 30.3 Å². The number of aromatic nitrogens is 2. The van der Waals surface area contributed by atoms with Crippen molar-refractivity contribution in [2.75, 3.05) is 11.5 Å². The van der Waals surface area contributed by atoms with Crippen LogP contribution in [0, 0.1) is 5.82 Å². The second-order valence-electron chi connectivity index (χ2n) is 6.73. The maximum absolute atomic E-state index is 13.5. The Morgan fingerprint density at radius 2 is 1.71 bits per heavy atom. The van der Waals surface area contributed by atoms with Crippen molar-refractivity contribution in [1.29, 1.82) is 0 Å². The van der Waals surface area contributed by atoms with Crippen molar-refractivity contribution in [2.45, 2.75) is 13.0 Å². The summed E-state index contributed by atoms with van der Waals surface area (Å²) in [5.74, 6) is -1.98. The molecule has 3 aromatic rings. The average molecular weight is 419 g/mol. The lowest BCUT2D eigenvalue weighted by Gasteiger charge is -2.23. The third-order valence-electron chi connectivity index (χ3n) is 4.84. The topological polar surface area (TPSA) is 92.6 Å². The molecule has 156 valence electrons. The first-order chi connectivity index (χ1) is 15.0. The molecule has 1 aliphatic rings. The van der Waals surface area contributed by atoms with Crippen LogP contribution in [0.25, 0.3) is 5.76 Å². The molecular formula is C23H18FN3O4. The minimum Gasteiger partial charge on any atom is -0.507 e. The highest BCUT2D eigenvalue weighted by molar-refractivity contribution is 6.51. The van der Waals surface area contributed by atoms with Gasteiger partial charge in [0.2, 0.25) is 5.95 Å². The van der Waals surface area contributed by atoms with Crippen LogP contribution in [-0.2, 0) is 9.59 Å². The van der Waals surface area contributed by atoms with E-state index in [2.05, 4.69) is 9.97 Å². The Hall–Kier alpha value is -4.07. The van der Waals surface area contributed by atoms with E-state index in [-0.39, 0.29) is 17.3 Å². The fourth-order valence-corrected chi connectivity index (χ4v) is 3.45. The average Bonchev–Trinajstić information content (AvgIpc) is 3.06. The zero-order valence-corrected chi connectivity index (χ0v) is 16.5. The highest BCUT2D eigenvalue weighted by atomic mass is 19.1. The van der Waals surface area contributed by atoms with E-state index in [1.165, 1.54) is 36.7 Å². The minimum atomic E-state index is -1.02. The predicted molar refractivity (Wildman–Crippen MR) is 111 cm³/mol. The Labute approximate surface area is 177 Å². The maximum atomic E-state index is 13.5. The molecule has 1 fully saturated rings. The number of nitrogens with zero attached hydrogens (tertiary/aromatic N) is 3. The van der Waals surface area contributed by atoms with Gasteiger partial charge in [-0.1, -0.05) is 12.1 Å². The first kappa shape index (κ1) is 20.2. The Kier molecular flexibility index (Phi) is 5.44. The summed E-state index contributed by atoms with van der Waals surface area (Å²) in [5.41, 5.74) is 0.635. The van der Waals surface area contributed by atoms with E-state index >= 15 is 0 Å². The lowest BCUT2D eigenvalue weighted by atomic mass is 9.95. The van der Waals surface area contributed by atoms with Gasteiger partial charge in [0, 0.05) is 18.0 Å². The lowest BCUT2D eigenvalue weighted by Crippen LogP contribution is -2.31. The molecule has 0 spiro atoms. The zero-order chi connectivity index (χ0) is 22.0. The number of hydrogen-bond donors (Lipinski definition) is 1.